The molecule has 130 valence electrons. The number of furan rings is 1. The smallest absolute Gasteiger partial charge is 0.416 e. The van der Waals surface area contributed by atoms with Crippen LogP contribution >= 0.6 is 11.3 Å². The maximum Gasteiger partial charge on any atom is 0.416 e. The summed E-state index contributed by atoms with van der Waals surface area (Å²) in [6.45, 7) is 2.46. The summed E-state index contributed by atoms with van der Waals surface area (Å²) in [6, 6.07) is 8.54. The molecule has 0 bridgehead atoms. The average Bonchev–Trinajstić information content (AvgIpc) is 3.22. The second kappa shape index (κ2) is 7.10. The van der Waals surface area contributed by atoms with Gasteiger partial charge in [-0.25, -0.2) is 4.68 Å². The van der Waals surface area contributed by atoms with E-state index in [9.17, 15) is 13.2 Å². The van der Waals surface area contributed by atoms with Crippen molar-refractivity contribution in [2.45, 2.75) is 13.1 Å². The number of hydrogen-bond donors (Lipinski definition) is 0. The summed E-state index contributed by atoms with van der Waals surface area (Å²) in [5, 5.41) is 6.16. The Morgan fingerprint density at radius 2 is 2.08 bits per heavy atom. The van der Waals surface area contributed by atoms with Gasteiger partial charge in [-0.15, -0.1) is 11.3 Å². The normalized spacial score (nSPS) is 13.0. The van der Waals surface area contributed by atoms with Gasteiger partial charge in [0.2, 0.25) is 4.80 Å². The van der Waals surface area contributed by atoms with E-state index in [1.807, 2.05) is 12.3 Å². The zero-order valence-electron chi connectivity index (χ0n) is 13.2. The van der Waals surface area contributed by atoms with Crippen LogP contribution in [0.25, 0.3) is 11.5 Å². The number of alkyl halides is 3. The van der Waals surface area contributed by atoms with E-state index in [1.54, 1.807) is 29.1 Å². The van der Waals surface area contributed by atoms with Gasteiger partial charge in [-0.1, -0.05) is 12.1 Å². The lowest BCUT2D eigenvalue weighted by Crippen LogP contribution is -2.12. The molecule has 0 spiro atoms. The minimum absolute atomic E-state index is 0.348. The Morgan fingerprint density at radius 3 is 2.76 bits per heavy atom. The first-order valence-electron chi connectivity index (χ1n) is 7.45. The number of hydrogen-bond acceptors (Lipinski definition) is 4. The molecule has 0 radical (unpaired) electrons. The van der Waals surface area contributed by atoms with E-state index in [1.165, 1.54) is 23.6 Å². The second-order valence-electron chi connectivity index (χ2n) is 5.03. The van der Waals surface area contributed by atoms with Gasteiger partial charge < -0.3 is 4.42 Å². The highest BCUT2D eigenvalue weighted by molar-refractivity contribution is 7.07. The number of nitrogens with zero attached hydrogens (tertiary/aromatic N) is 3. The molecule has 2 aromatic heterocycles. The lowest BCUT2D eigenvalue weighted by Gasteiger charge is -2.06. The van der Waals surface area contributed by atoms with Crippen LogP contribution in [0.1, 0.15) is 18.1 Å². The van der Waals surface area contributed by atoms with Crippen LogP contribution in [-0.2, 0) is 6.18 Å². The third-order valence-corrected chi connectivity index (χ3v) is 4.14. The molecular formula is C17H14F3N3OS. The summed E-state index contributed by atoms with van der Waals surface area (Å²) < 4.78 is 45.4. The molecule has 0 unspecified atom stereocenters. The van der Waals surface area contributed by atoms with Gasteiger partial charge in [-0.3, -0.25) is 4.99 Å². The number of aromatic nitrogens is 1. The molecule has 8 heteroatoms. The van der Waals surface area contributed by atoms with Crippen molar-refractivity contribution in [1.29, 1.82) is 0 Å². The molecule has 0 saturated heterocycles. The van der Waals surface area contributed by atoms with Gasteiger partial charge in [-0.2, -0.15) is 18.3 Å². The summed E-state index contributed by atoms with van der Waals surface area (Å²) in [7, 11) is 0. The second-order valence-corrected chi connectivity index (χ2v) is 5.87. The van der Waals surface area contributed by atoms with E-state index in [2.05, 4.69) is 10.1 Å². The van der Waals surface area contributed by atoms with Crippen molar-refractivity contribution >= 4 is 17.6 Å². The largest absolute Gasteiger partial charge is 0.463 e. The number of rotatable bonds is 4. The molecule has 2 heterocycles. The maximum absolute atomic E-state index is 12.8. The van der Waals surface area contributed by atoms with Crippen molar-refractivity contribution in [3.8, 4) is 11.5 Å². The van der Waals surface area contributed by atoms with Gasteiger partial charge >= 0.3 is 6.18 Å². The van der Waals surface area contributed by atoms with Crippen LogP contribution in [0.15, 0.2) is 62.6 Å². The predicted octanol–water partition coefficient (Wildman–Crippen LogP) is 4.63. The lowest BCUT2D eigenvalue weighted by atomic mass is 10.1. The van der Waals surface area contributed by atoms with Crippen LogP contribution in [0.2, 0.25) is 0 Å². The van der Waals surface area contributed by atoms with Gasteiger partial charge in [0.15, 0.2) is 5.76 Å². The highest BCUT2D eigenvalue weighted by Crippen LogP contribution is 2.29. The lowest BCUT2D eigenvalue weighted by molar-refractivity contribution is -0.137. The fourth-order valence-electron chi connectivity index (χ4n) is 2.17. The number of benzene rings is 1. The molecule has 0 N–H and O–H groups in total. The van der Waals surface area contributed by atoms with E-state index in [-0.39, 0.29) is 0 Å². The van der Waals surface area contributed by atoms with Crippen molar-refractivity contribution in [1.82, 2.24) is 4.68 Å². The van der Waals surface area contributed by atoms with Crippen molar-refractivity contribution in [3.63, 3.8) is 0 Å². The quantitative estimate of drug-likeness (QED) is 0.622. The highest BCUT2D eigenvalue weighted by Gasteiger charge is 2.30. The molecule has 0 saturated carbocycles. The minimum atomic E-state index is -4.39. The van der Waals surface area contributed by atoms with Crippen LogP contribution in [0, 0.1) is 0 Å². The summed E-state index contributed by atoms with van der Waals surface area (Å²) in [5.41, 5.74) is 0.322. The molecule has 0 aliphatic heterocycles. The number of halogens is 3. The average molecular weight is 365 g/mol. The Labute approximate surface area is 145 Å². The molecular weight excluding hydrogens is 351 g/mol. The molecule has 4 nitrogen and oxygen atoms in total. The van der Waals surface area contributed by atoms with Crippen LogP contribution in [-0.4, -0.2) is 17.4 Å². The van der Waals surface area contributed by atoms with Crippen molar-refractivity contribution in [2.24, 2.45) is 10.1 Å². The summed E-state index contributed by atoms with van der Waals surface area (Å²) in [6.07, 6.45) is -1.46. The minimum Gasteiger partial charge on any atom is -0.463 e. The summed E-state index contributed by atoms with van der Waals surface area (Å²) in [4.78, 5) is 4.99. The van der Waals surface area contributed by atoms with Crippen LogP contribution in [0.3, 0.4) is 0 Å². The maximum atomic E-state index is 12.8. The summed E-state index contributed by atoms with van der Waals surface area (Å²) in [5.74, 6) is 0.606. The van der Waals surface area contributed by atoms with Gasteiger partial charge in [0.25, 0.3) is 0 Å². The zero-order valence-corrected chi connectivity index (χ0v) is 14.0. The molecule has 3 aromatic rings. The van der Waals surface area contributed by atoms with E-state index >= 15 is 0 Å². The first-order chi connectivity index (χ1) is 12.0. The Bertz CT molecular complexity index is 937. The van der Waals surface area contributed by atoms with E-state index in [0.717, 1.165) is 12.1 Å². The Kier molecular flexibility index (Phi) is 4.89. The molecule has 25 heavy (non-hydrogen) atoms. The topological polar surface area (TPSA) is 42.8 Å². The first-order valence-corrected chi connectivity index (χ1v) is 8.33. The molecule has 0 fully saturated rings. The van der Waals surface area contributed by atoms with Crippen LogP contribution < -0.4 is 4.80 Å². The van der Waals surface area contributed by atoms with Crippen LogP contribution in [0.5, 0.6) is 0 Å². The van der Waals surface area contributed by atoms with Crippen molar-refractivity contribution < 1.29 is 17.6 Å². The van der Waals surface area contributed by atoms with Gasteiger partial charge in [0.05, 0.1) is 18.0 Å². The molecule has 0 atom stereocenters. The monoisotopic (exact) mass is 365 g/mol. The Hall–Kier alpha value is -2.61. The van der Waals surface area contributed by atoms with E-state index in [0.29, 0.717) is 28.4 Å². The third-order valence-electron chi connectivity index (χ3n) is 3.29. The number of thiazole rings is 1. The van der Waals surface area contributed by atoms with Crippen molar-refractivity contribution in [3.05, 3.63) is 64.0 Å². The van der Waals surface area contributed by atoms with Gasteiger partial charge in [-0.05, 0) is 36.8 Å². The summed E-state index contributed by atoms with van der Waals surface area (Å²) >= 11 is 1.38. The van der Waals surface area contributed by atoms with E-state index in [4.69, 9.17) is 4.42 Å². The molecule has 3 rings (SSSR count). The van der Waals surface area contributed by atoms with E-state index < -0.39 is 11.7 Å². The fourth-order valence-corrected chi connectivity index (χ4v) is 3.05. The highest BCUT2D eigenvalue weighted by atomic mass is 32.1. The molecule has 0 aliphatic rings. The third kappa shape index (κ3) is 3.90. The van der Waals surface area contributed by atoms with Gasteiger partial charge in [0, 0.05) is 11.9 Å². The predicted molar refractivity (Wildman–Crippen MR) is 90.6 cm³/mol. The van der Waals surface area contributed by atoms with Gasteiger partial charge in [0.1, 0.15) is 5.69 Å². The zero-order chi connectivity index (χ0) is 17.9. The standard InChI is InChI=1S/C17H14F3N3OS/c1-2-21-16-23(14(11-25-16)15-7-4-8-24-15)22-10-12-5-3-6-13(9-12)17(18,19)20/h3-11H,2H2,1H3/b21-16?,22-10-. The fraction of sp³-hybridized carbons (Fsp3) is 0.176. The Morgan fingerprint density at radius 1 is 1.24 bits per heavy atom. The Balaban J connectivity index is 2.02. The molecule has 1 aromatic carbocycles. The SMILES string of the molecule is CCN=c1scc(-c2ccco2)n1/N=C\c1cccc(C(F)(F)F)c1. The first kappa shape index (κ1) is 17.2. The molecule has 0 amide bonds. The molecule has 0 aliphatic carbocycles. The van der Waals surface area contributed by atoms with Crippen LogP contribution in [0.4, 0.5) is 13.2 Å². The van der Waals surface area contributed by atoms with Crippen molar-refractivity contribution in [2.75, 3.05) is 6.54 Å².